The number of aliphatic carboxylic acids is 1. The van der Waals surface area contributed by atoms with Crippen molar-refractivity contribution < 1.29 is 24.2 Å². The summed E-state index contributed by atoms with van der Waals surface area (Å²) in [5.41, 5.74) is 4.63. The predicted molar refractivity (Wildman–Crippen MR) is 124 cm³/mol. The molecule has 3 aromatic rings. The number of hydrogen-bond acceptors (Lipinski definition) is 5. The van der Waals surface area contributed by atoms with Crippen molar-refractivity contribution in [2.45, 2.75) is 18.4 Å². The molecule has 170 valence electrons. The number of benzene rings is 2. The zero-order valence-electron chi connectivity index (χ0n) is 17.6. The lowest BCUT2D eigenvalue weighted by Gasteiger charge is -2.18. The van der Waals surface area contributed by atoms with Crippen molar-refractivity contribution in [3.05, 3.63) is 70.5 Å². The van der Waals surface area contributed by atoms with Crippen LogP contribution in [0.2, 0.25) is 0 Å². The van der Waals surface area contributed by atoms with E-state index in [1.54, 1.807) is 7.05 Å². The summed E-state index contributed by atoms with van der Waals surface area (Å²) in [5, 5.41) is 18.1. The maximum absolute atomic E-state index is 12.6. The quantitative estimate of drug-likeness (QED) is 0.445. The third-order valence-electron chi connectivity index (χ3n) is 5.46. The van der Waals surface area contributed by atoms with Crippen LogP contribution in [0.15, 0.2) is 59.3 Å². The minimum atomic E-state index is -1.33. The Hall–Kier alpha value is -3.66. The lowest BCUT2D eigenvalue weighted by atomic mass is 9.98. The van der Waals surface area contributed by atoms with Crippen LogP contribution in [0.1, 0.15) is 23.5 Å². The number of carbonyl (C=O) groups is 3. The number of aromatic nitrogens is 2. The first kappa shape index (κ1) is 22.5. The number of carboxylic acid groups (broad SMARTS) is 1. The molecule has 4 rings (SSSR count). The number of aryl methyl sites for hydroxylation is 1. The van der Waals surface area contributed by atoms with Gasteiger partial charge in [0.25, 0.3) is 0 Å². The van der Waals surface area contributed by atoms with Gasteiger partial charge in [-0.1, -0.05) is 48.5 Å². The van der Waals surface area contributed by atoms with Crippen LogP contribution in [-0.4, -0.2) is 45.5 Å². The summed E-state index contributed by atoms with van der Waals surface area (Å²) in [5.74, 6) is -2.08. The van der Waals surface area contributed by atoms with Gasteiger partial charge in [-0.15, -0.1) is 0 Å². The summed E-state index contributed by atoms with van der Waals surface area (Å²) >= 11 is 3.28. The van der Waals surface area contributed by atoms with Crippen molar-refractivity contribution in [2.24, 2.45) is 7.05 Å². The second-order valence-corrected chi connectivity index (χ2v) is 8.33. The third kappa shape index (κ3) is 4.75. The second-order valence-electron chi connectivity index (χ2n) is 7.58. The Morgan fingerprint density at radius 1 is 1.12 bits per heavy atom. The van der Waals surface area contributed by atoms with E-state index in [2.05, 4.69) is 31.7 Å². The molecule has 33 heavy (non-hydrogen) atoms. The molecule has 10 heteroatoms. The van der Waals surface area contributed by atoms with Gasteiger partial charge in [0.15, 0.2) is 0 Å². The molecular weight excluding hydrogens is 492 g/mol. The molecule has 0 bridgehead atoms. The van der Waals surface area contributed by atoms with Crippen LogP contribution in [-0.2, 0) is 21.4 Å². The molecule has 1 aliphatic rings. The number of anilines is 1. The Bertz CT molecular complexity index is 1180. The number of carboxylic acids is 1. The molecule has 1 atom stereocenters. The molecule has 0 saturated heterocycles. The van der Waals surface area contributed by atoms with Crippen LogP contribution < -0.4 is 10.6 Å². The lowest BCUT2D eigenvalue weighted by Crippen LogP contribution is -2.45. The smallest absolute Gasteiger partial charge is 0.407 e. The van der Waals surface area contributed by atoms with Gasteiger partial charge in [-0.25, -0.2) is 4.79 Å². The molecule has 0 saturated carbocycles. The van der Waals surface area contributed by atoms with E-state index in [9.17, 15) is 19.5 Å². The average molecular weight is 513 g/mol. The summed E-state index contributed by atoms with van der Waals surface area (Å²) < 4.78 is 7.42. The van der Waals surface area contributed by atoms with Gasteiger partial charge >= 0.3 is 12.1 Å². The van der Waals surface area contributed by atoms with Gasteiger partial charge in [-0.2, -0.15) is 5.10 Å². The van der Waals surface area contributed by atoms with Crippen LogP contribution >= 0.6 is 15.9 Å². The summed E-state index contributed by atoms with van der Waals surface area (Å²) in [6.07, 6.45) is -0.0652. The molecular formula is C23H21BrN4O5. The Morgan fingerprint density at radius 3 is 2.27 bits per heavy atom. The van der Waals surface area contributed by atoms with Crippen molar-refractivity contribution in [3.8, 4) is 11.1 Å². The number of halogens is 1. The Kier molecular flexibility index (Phi) is 6.45. The van der Waals surface area contributed by atoms with E-state index < -0.39 is 30.4 Å². The van der Waals surface area contributed by atoms with E-state index in [-0.39, 0.29) is 12.5 Å². The van der Waals surface area contributed by atoms with Crippen LogP contribution in [0, 0.1) is 0 Å². The number of rotatable bonds is 7. The molecule has 0 radical (unpaired) electrons. The number of alkyl carbamates (subject to hydrolysis) is 1. The number of nitrogens with one attached hydrogen (secondary N) is 2. The molecule has 1 heterocycles. The van der Waals surface area contributed by atoms with Gasteiger partial charge in [0, 0.05) is 13.0 Å². The molecule has 2 amide bonds. The fourth-order valence-electron chi connectivity index (χ4n) is 3.89. The molecule has 0 aliphatic heterocycles. The first-order chi connectivity index (χ1) is 15.8. The molecule has 3 N–H and O–H groups in total. The Labute approximate surface area is 197 Å². The highest BCUT2D eigenvalue weighted by atomic mass is 79.9. The first-order valence-electron chi connectivity index (χ1n) is 10.2. The molecule has 1 aromatic heterocycles. The minimum Gasteiger partial charge on any atom is -0.481 e. The summed E-state index contributed by atoms with van der Waals surface area (Å²) in [4.78, 5) is 36.4. The highest BCUT2D eigenvalue weighted by molar-refractivity contribution is 9.10. The van der Waals surface area contributed by atoms with Gasteiger partial charge in [0.2, 0.25) is 5.91 Å². The molecule has 9 nitrogen and oxygen atoms in total. The average Bonchev–Trinajstić information content (AvgIpc) is 3.29. The normalized spacial score (nSPS) is 13.0. The third-order valence-corrected chi connectivity index (χ3v) is 6.40. The monoisotopic (exact) mass is 512 g/mol. The molecule has 0 fully saturated rings. The summed E-state index contributed by atoms with van der Waals surface area (Å²) in [7, 11) is 1.67. The van der Waals surface area contributed by atoms with E-state index >= 15 is 0 Å². The highest BCUT2D eigenvalue weighted by Gasteiger charge is 2.30. The highest BCUT2D eigenvalue weighted by Crippen LogP contribution is 2.44. The topological polar surface area (TPSA) is 123 Å². The van der Waals surface area contributed by atoms with Gasteiger partial charge in [0.1, 0.15) is 17.3 Å². The van der Waals surface area contributed by atoms with Gasteiger partial charge in [0.05, 0.1) is 18.3 Å². The molecule has 1 unspecified atom stereocenters. The molecule has 0 spiro atoms. The van der Waals surface area contributed by atoms with Crippen molar-refractivity contribution in [1.82, 2.24) is 15.1 Å². The maximum Gasteiger partial charge on any atom is 0.407 e. The van der Waals surface area contributed by atoms with Crippen LogP contribution in [0.25, 0.3) is 11.1 Å². The van der Waals surface area contributed by atoms with E-state index in [1.807, 2.05) is 48.5 Å². The van der Waals surface area contributed by atoms with Crippen molar-refractivity contribution in [1.29, 1.82) is 0 Å². The first-order valence-corrected chi connectivity index (χ1v) is 11.0. The Morgan fingerprint density at radius 2 is 1.73 bits per heavy atom. The van der Waals surface area contributed by atoms with Crippen LogP contribution in [0.4, 0.5) is 10.5 Å². The predicted octanol–water partition coefficient (Wildman–Crippen LogP) is 3.50. The Balaban J connectivity index is 1.43. The van der Waals surface area contributed by atoms with Crippen molar-refractivity contribution in [3.63, 3.8) is 0 Å². The van der Waals surface area contributed by atoms with Crippen LogP contribution in [0.5, 0.6) is 0 Å². The van der Waals surface area contributed by atoms with Gasteiger partial charge in [-0.05, 0) is 38.2 Å². The number of hydrogen-bond donors (Lipinski definition) is 3. The van der Waals surface area contributed by atoms with Crippen molar-refractivity contribution >= 4 is 39.6 Å². The van der Waals surface area contributed by atoms with E-state index in [0.29, 0.717) is 10.3 Å². The second kappa shape index (κ2) is 9.45. The summed E-state index contributed by atoms with van der Waals surface area (Å²) in [6.45, 7) is 0.0510. The lowest BCUT2D eigenvalue weighted by molar-refractivity contribution is -0.139. The number of fused-ring (bicyclic) bond motifs is 3. The zero-order chi connectivity index (χ0) is 23.5. The SMILES string of the molecule is Cn1ncc(NC(=O)C(CC(=O)O)NC(=O)OCC2c3ccccc3-c3ccccc32)c1Br. The number of carbonyl (C=O) groups excluding carboxylic acids is 2. The standard InChI is InChI=1S/C23H21BrN4O5/c1-28-21(24)19(11-25-28)26-22(31)18(10-20(29)30)27-23(32)33-12-17-15-8-4-2-6-13(15)14-7-3-5-9-16(14)17/h2-9,11,17-18H,10,12H2,1H3,(H,26,31)(H,27,32)(H,29,30). The van der Waals surface area contributed by atoms with Gasteiger partial charge < -0.3 is 20.5 Å². The fraction of sp³-hybridized carbons (Fsp3) is 0.217. The fourth-order valence-corrected chi connectivity index (χ4v) is 4.19. The molecule has 1 aliphatic carbocycles. The maximum atomic E-state index is 12.6. The number of ether oxygens (including phenoxy) is 1. The zero-order valence-corrected chi connectivity index (χ0v) is 19.2. The van der Waals surface area contributed by atoms with E-state index in [4.69, 9.17) is 4.74 Å². The minimum absolute atomic E-state index is 0.0510. The van der Waals surface area contributed by atoms with E-state index in [1.165, 1.54) is 10.9 Å². The number of amides is 2. The van der Waals surface area contributed by atoms with Gasteiger partial charge in [-0.3, -0.25) is 14.3 Å². The number of nitrogens with zero attached hydrogens (tertiary/aromatic N) is 2. The van der Waals surface area contributed by atoms with E-state index in [0.717, 1.165) is 22.3 Å². The van der Waals surface area contributed by atoms with Crippen molar-refractivity contribution in [2.75, 3.05) is 11.9 Å². The van der Waals surface area contributed by atoms with Crippen LogP contribution in [0.3, 0.4) is 0 Å². The molecule has 2 aromatic carbocycles. The summed E-state index contributed by atoms with van der Waals surface area (Å²) in [6, 6.07) is 14.5. The largest absolute Gasteiger partial charge is 0.481 e.